The molecule has 2 aromatic carbocycles. The van der Waals surface area contributed by atoms with E-state index in [1.165, 1.54) is 24.3 Å². The maximum absolute atomic E-state index is 14.8. The number of carboxylic acid groups (broad SMARTS) is 1. The number of carbonyl (C=O) groups excluding carboxylic acids is 1. The van der Waals surface area contributed by atoms with Crippen LogP contribution in [0.1, 0.15) is 41.3 Å². The summed E-state index contributed by atoms with van der Waals surface area (Å²) in [6.45, 7) is 4.17. The molecule has 1 aromatic heterocycles. The van der Waals surface area contributed by atoms with Crippen LogP contribution in [-0.4, -0.2) is 102 Å². The summed E-state index contributed by atoms with van der Waals surface area (Å²) in [4.78, 5) is 38.8. The number of carbonyl (C=O) groups is 2. The third-order valence-electron chi connectivity index (χ3n) is 9.56. The first-order valence-corrected chi connectivity index (χ1v) is 16.1. The molecule has 15 heteroatoms. The van der Waals surface area contributed by atoms with Crippen molar-refractivity contribution in [2.45, 2.75) is 37.6 Å². The molecule has 256 valence electrons. The number of piperazine rings is 1. The fourth-order valence-corrected chi connectivity index (χ4v) is 6.95. The topological polar surface area (TPSA) is 137 Å². The highest BCUT2D eigenvalue weighted by atomic mass is 35.5. The largest absolute Gasteiger partial charge is 0.480 e. The molecule has 3 saturated heterocycles. The molecule has 3 aliphatic rings. The number of aliphatic carboxylic acids is 1. The number of likely N-dealkylation sites (N-methyl/N-ethyl adjacent to an activating group) is 1. The fraction of sp³-hybridized carbons (Fsp3) is 0.455. The van der Waals surface area contributed by atoms with Gasteiger partial charge in [-0.25, -0.2) is 0 Å². The minimum atomic E-state index is -4.87. The Morgan fingerprint density at radius 1 is 1.06 bits per heavy atom. The van der Waals surface area contributed by atoms with Gasteiger partial charge in [-0.1, -0.05) is 29.8 Å². The smallest absolute Gasteiger partial charge is 0.429 e. The maximum Gasteiger partial charge on any atom is 0.429 e. The van der Waals surface area contributed by atoms with Gasteiger partial charge in [-0.3, -0.25) is 9.59 Å². The molecule has 0 bridgehead atoms. The predicted molar refractivity (Wildman–Crippen MR) is 174 cm³/mol. The molecule has 1 amide bonds. The molecule has 4 heterocycles. The van der Waals surface area contributed by atoms with Gasteiger partial charge in [0, 0.05) is 68.0 Å². The number of nitrogen functional groups attached to an aromatic ring is 1. The number of hydrogen-bond donors (Lipinski definition) is 3. The second kappa shape index (κ2) is 13.4. The monoisotopic (exact) mass is 687 g/mol. The van der Waals surface area contributed by atoms with E-state index in [0.717, 1.165) is 13.1 Å². The van der Waals surface area contributed by atoms with E-state index in [9.17, 15) is 27.9 Å². The molecule has 4 N–H and O–H groups in total. The van der Waals surface area contributed by atoms with Gasteiger partial charge in [0.1, 0.15) is 11.9 Å². The number of nitrogens with zero attached hydrogens (tertiary/aromatic N) is 5. The highest BCUT2D eigenvalue weighted by Gasteiger charge is 2.46. The number of ether oxygens (including phenoxy) is 1. The Balaban J connectivity index is 1.26. The van der Waals surface area contributed by atoms with E-state index < -0.39 is 24.3 Å². The number of benzene rings is 2. The first-order chi connectivity index (χ1) is 22.8. The Morgan fingerprint density at radius 3 is 2.46 bits per heavy atom. The number of carboxylic acids is 1. The van der Waals surface area contributed by atoms with Gasteiger partial charge in [0.2, 0.25) is 17.9 Å². The second-order valence-electron chi connectivity index (χ2n) is 12.8. The molecule has 6 rings (SSSR count). The van der Waals surface area contributed by atoms with Gasteiger partial charge < -0.3 is 35.6 Å². The molecule has 48 heavy (non-hydrogen) atoms. The van der Waals surface area contributed by atoms with Crippen molar-refractivity contribution in [3.63, 3.8) is 0 Å². The van der Waals surface area contributed by atoms with Crippen LogP contribution in [0.4, 0.5) is 24.9 Å². The Bertz CT molecular complexity index is 1680. The van der Waals surface area contributed by atoms with Gasteiger partial charge in [0.15, 0.2) is 0 Å². The van der Waals surface area contributed by atoms with Crippen molar-refractivity contribution in [1.29, 1.82) is 0 Å². The van der Waals surface area contributed by atoms with Crippen LogP contribution >= 0.6 is 11.6 Å². The number of hydrogen-bond acceptors (Lipinski definition) is 9. The first kappa shape index (κ1) is 33.7. The molecular formula is C33H37ClF3N7O4. The van der Waals surface area contributed by atoms with E-state index in [0.29, 0.717) is 68.9 Å². The minimum Gasteiger partial charge on any atom is -0.480 e. The summed E-state index contributed by atoms with van der Waals surface area (Å²) in [5, 5.41) is 12.7. The number of nitrogens with two attached hydrogens (primary N) is 1. The Labute approximate surface area is 280 Å². The van der Waals surface area contributed by atoms with Crippen molar-refractivity contribution in [2.24, 2.45) is 5.41 Å². The van der Waals surface area contributed by atoms with Crippen LogP contribution in [0, 0.1) is 5.41 Å². The lowest BCUT2D eigenvalue weighted by Crippen LogP contribution is -2.47. The molecule has 1 spiro atoms. The van der Waals surface area contributed by atoms with Crippen molar-refractivity contribution in [1.82, 2.24) is 25.1 Å². The van der Waals surface area contributed by atoms with Gasteiger partial charge in [0.25, 0.3) is 5.91 Å². The minimum absolute atomic E-state index is 0.159. The van der Waals surface area contributed by atoms with Crippen LogP contribution in [0.25, 0.3) is 11.1 Å². The van der Waals surface area contributed by atoms with Crippen LogP contribution in [-0.2, 0) is 4.79 Å². The number of anilines is 2. The highest BCUT2D eigenvalue weighted by Crippen LogP contribution is 2.43. The van der Waals surface area contributed by atoms with Gasteiger partial charge >= 0.3 is 12.1 Å². The molecular weight excluding hydrogens is 651 g/mol. The Hall–Kier alpha value is -4.14. The maximum atomic E-state index is 14.8. The first-order valence-electron chi connectivity index (χ1n) is 15.8. The summed E-state index contributed by atoms with van der Waals surface area (Å²) in [6.07, 6.45) is -5.45. The lowest BCUT2D eigenvalue weighted by molar-refractivity contribution is -0.198. The molecule has 0 saturated carbocycles. The van der Waals surface area contributed by atoms with E-state index in [1.54, 1.807) is 29.2 Å². The fourth-order valence-electron chi connectivity index (χ4n) is 6.78. The van der Waals surface area contributed by atoms with Crippen molar-refractivity contribution in [3.05, 3.63) is 64.7 Å². The normalized spacial score (nSPS) is 20.6. The number of aromatic nitrogens is 2. The quantitative estimate of drug-likeness (QED) is 0.326. The van der Waals surface area contributed by atoms with Crippen molar-refractivity contribution >= 4 is 35.2 Å². The summed E-state index contributed by atoms with van der Waals surface area (Å²) in [6, 6.07) is 11.3. The zero-order valence-corrected chi connectivity index (χ0v) is 27.1. The summed E-state index contributed by atoms with van der Waals surface area (Å²) in [7, 11) is 1.98. The molecule has 2 atom stereocenters. The van der Waals surface area contributed by atoms with Crippen LogP contribution in [0.2, 0.25) is 5.02 Å². The molecule has 3 aliphatic heterocycles. The second-order valence-corrected chi connectivity index (χ2v) is 13.3. The zero-order chi connectivity index (χ0) is 34.2. The number of nitrogens with one attached hydrogen (secondary N) is 1. The van der Waals surface area contributed by atoms with Gasteiger partial charge in [-0.05, 0) is 67.1 Å². The molecule has 3 fully saturated rings. The van der Waals surface area contributed by atoms with Crippen LogP contribution in [0.3, 0.4) is 0 Å². The molecule has 3 aromatic rings. The number of rotatable bonds is 7. The van der Waals surface area contributed by atoms with Crippen LogP contribution in [0.5, 0.6) is 5.88 Å². The average molecular weight is 688 g/mol. The molecule has 1 unspecified atom stereocenters. The Kier molecular flexibility index (Phi) is 9.42. The van der Waals surface area contributed by atoms with Gasteiger partial charge in [-0.2, -0.15) is 23.1 Å². The lowest BCUT2D eigenvalue weighted by atomic mass is 9.76. The average Bonchev–Trinajstić information content (AvgIpc) is 3.47. The standard InChI is InChI=1S/C33H37ClF3N7O4/c1-42-11-13-44(14-12-42)29(45)21-4-2-3-20(15-21)24-16-22(34)5-6-23(24)28(33(35,36)37)48-27-17-26(40-31(38)41-27)43-9-7-32(8-10-43)18-25(30(46)47)39-19-32/h2-6,15-17,25,28,39H,7-14,18-19H2,1H3,(H,46,47)(H2,38,40,41)/t25?,28-/m1/s1. The number of alkyl halides is 3. The van der Waals surface area contributed by atoms with Crippen LogP contribution < -0.4 is 20.7 Å². The van der Waals surface area contributed by atoms with E-state index in [-0.39, 0.29) is 39.3 Å². The number of halogens is 4. The van der Waals surface area contributed by atoms with Gasteiger partial charge in [0.05, 0.1) is 0 Å². The van der Waals surface area contributed by atoms with Crippen molar-refractivity contribution in [3.8, 4) is 17.0 Å². The van der Waals surface area contributed by atoms with E-state index in [4.69, 9.17) is 22.1 Å². The highest BCUT2D eigenvalue weighted by molar-refractivity contribution is 6.30. The third kappa shape index (κ3) is 7.30. The molecule has 11 nitrogen and oxygen atoms in total. The van der Waals surface area contributed by atoms with E-state index in [2.05, 4.69) is 20.2 Å². The summed E-state index contributed by atoms with van der Waals surface area (Å²) < 4.78 is 50.1. The van der Waals surface area contributed by atoms with Crippen molar-refractivity contribution < 1.29 is 32.6 Å². The SMILES string of the molecule is CN1CCN(C(=O)c2cccc(-c3cc(Cl)ccc3[C@@H](Oc3cc(N4CCC5(CC4)CNC(C(=O)O)C5)nc(N)n3)C(F)(F)F)c2)CC1. The lowest BCUT2D eigenvalue weighted by Gasteiger charge is -2.39. The number of amides is 1. The Morgan fingerprint density at radius 2 is 1.79 bits per heavy atom. The third-order valence-corrected chi connectivity index (χ3v) is 9.79. The van der Waals surface area contributed by atoms with Crippen molar-refractivity contribution in [2.75, 3.05) is 63.5 Å². The van der Waals surface area contributed by atoms with E-state index in [1.807, 2.05) is 11.9 Å². The zero-order valence-electron chi connectivity index (χ0n) is 26.3. The summed E-state index contributed by atoms with van der Waals surface area (Å²) >= 11 is 6.30. The summed E-state index contributed by atoms with van der Waals surface area (Å²) in [5.41, 5.74) is 6.48. The molecule has 0 radical (unpaired) electrons. The van der Waals surface area contributed by atoms with E-state index >= 15 is 0 Å². The predicted octanol–water partition coefficient (Wildman–Crippen LogP) is 4.48. The summed E-state index contributed by atoms with van der Waals surface area (Å²) in [5.74, 6) is -1.36. The molecule has 0 aliphatic carbocycles. The number of piperidine rings is 1. The van der Waals surface area contributed by atoms with Gasteiger partial charge in [-0.15, -0.1) is 0 Å². The van der Waals surface area contributed by atoms with Crippen LogP contribution in [0.15, 0.2) is 48.5 Å².